The molecule has 3 heteroatoms. The van der Waals surface area contributed by atoms with E-state index in [9.17, 15) is 10.4 Å². The van der Waals surface area contributed by atoms with Crippen molar-refractivity contribution in [3.05, 3.63) is 0 Å². The second-order valence-corrected chi connectivity index (χ2v) is 6.18. The van der Waals surface area contributed by atoms with Gasteiger partial charge in [-0.25, -0.2) is 0 Å². The lowest BCUT2D eigenvalue weighted by Gasteiger charge is -2.49. The first-order valence-electron chi connectivity index (χ1n) is 6.91. The molecule has 94 valence electrons. The van der Waals surface area contributed by atoms with Gasteiger partial charge in [-0.15, -0.1) is 0 Å². The number of nitrogens with zero attached hydrogens (tertiary/aromatic N) is 1. The van der Waals surface area contributed by atoms with Gasteiger partial charge in [0.15, 0.2) is 0 Å². The zero-order valence-corrected chi connectivity index (χ0v) is 10.5. The number of hydrogen-bond acceptors (Lipinski definition) is 3. The van der Waals surface area contributed by atoms with E-state index in [1.807, 2.05) is 0 Å². The highest BCUT2D eigenvalue weighted by atomic mass is 16.5. The van der Waals surface area contributed by atoms with Gasteiger partial charge < -0.3 is 9.84 Å². The molecule has 2 aliphatic heterocycles. The first-order chi connectivity index (χ1) is 8.12. The predicted octanol–water partition coefficient (Wildman–Crippen LogP) is 2.39. The van der Waals surface area contributed by atoms with Gasteiger partial charge in [-0.1, -0.05) is 19.8 Å². The second-order valence-electron chi connectivity index (χ2n) is 6.18. The van der Waals surface area contributed by atoms with Crippen LogP contribution in [0.15, 0.2) is 0 Å². The van der Waals surface area contributed by atoms with Crippen LogP contribution < -0.4 is 0 Å². The van der Waals surface area contributed by atoms with Crippen LogP contribution in [0.2, 0.25) is 0 Å². The lowest BCUT2D eigenvalue weighted by Crippen LogP contribution is -2.57. The molecule has 2 bridgehead atoms. The highest BCUT2D eigenvalue weighted by Crippen LogP contribution is 2.58. The SMILES string of the molecule is CC1CCCCC1(O)C1(C#N)CC2CCC1O2. The van der Waals surface area contributed by atoms with E-state index in [4.69, 9.17) is 4.74 Å². The van der Waals surface area contributed by atoms with Crippen molar-refractivity contribution in [2.24, 2.45) is 11.3 Å². The van der Waals surface area contributed by atoms with E-state index in [2.05, 4.69) is 13.0 Å². The number of rotatable bonds is 1. The van der Waals surface area contributed by atoms with Crippen molar-refractivity contribution in [1.82, 2.24) is 0 Å². The highest BCUT2D eigenvalue weighted by molar-refractivity contribution is 5.22. The Bertz CT molecular complexity index is 364. The topological polar surface area (TPSA) is 53.2 Å². The maximum atomic E-state index is 11.1. The molecule has 0 spiro atoms. The van der Waals surface area contributed by atoms with Gasteiger partial charge >= 0.3 is 0 Å². The lowest BCUT2D eigenvalue weighted by molar-refractivity contribution is -0.139. The van der Waals surface area contributed by atoms with Crippen LogP contribution in [0.25, 0.3) is 0 Å². The molecule has 0 amide bonds. The molecule has 0 aromatic rings. The van der Waals surface area contributed by atoms with Crippen molar-refractivity contribution in [3.8, 4) is 6.07 Å². The molecule has 1 saturated carbocycles. The molecule has 17 heavy (non-hydrogen) atoms. The monoisotopic (exact) mass is 235 g/mol. The van der Waals surface area contributed by atoms with Gasteiger partial charge in [-0.05, 0) is 38.0 Å². The van der Waals surface area contributed by atoms with Crippen molar-refractivity contribution in [2.45, 2.75) is 69.7 Å². The van der Waals surface area contributed by atoms with Crippen molar-refractivity contribution in [3.63, 3.8) is 0 Å². The summed E-state index contributed by atoms with van der Waals surface area (Å²) in [5, 5.41) is 20.8. The Morgan fingerprint density at radius 2 is 2.12 bits per heavy atom. The maximum Gasteiger partial charge on any atom is 0.115 e. The Kier molecular flexibility index (Phi) is 2.50. The van der Waals surface area contributed by atoms with E-state index in [0.29, 0.717) is 0 Å². The standard InChI is InChI=1S/C14H21NO2/c1-10-4-2-3-7-14(10,16)13(9-15)8-11-5-6-12(13)17-11/h10-12,16H,2-8H2,1H3. The van der Waals surface area contributed by atoms with E-state index in [1.54, 1.807) is 0 Å². The van der Waals surface area contributed by atoms with Crippen LogP contribution in [-0.2, 0) is 4.74 Å². The minimum atomic E-state index is -0.820. The fraction of sp³-hybridized carbons (Fsp3) is 0.929. The van der Waals surface area contributed by atoms with Crippen molar-refractivity contribution >= 4 is 0 Å². The molecule has 5 unspecified atom stereocenters. The van der Waals surface area contributed by atoms with Crippen LogP contribution in [0.4, 0.5) is 0 Å². The Morgan fingerprint density at radius 3 is 2.65 bits per heavy atom. The molecule has 3 fully saturated rings. The van der Waals surface area contributed by atoms with Crippen molar-refractivity contribution < 1.29 is 9.84 Å². The zero-order chi connectivity index (χ0) is 12.1. The maximum absolute atomic E-state index is 11.1. The second kappa shape index (κ2) is 3.70. The molecule has 3 rings (SSSR count). The van der Waals surface area contributed by atoms with E-state index in [1.165, 1.54) is 6.42 Å². The van der Waals surface area contributed by atoms with Crippen LogP contribution >= 0.6 is 0 Å². The third-order valence-electron chi connectivity index (χ3n) is 5.44. The smallest absolute Gasteiger partial charge is 0.115 e. The summed E-state index contributed by atoms with van der Waals surface area (Å²) in [5.41, 5.74) is -1.45. The summed E-state index contributed by atoms with van der Waals surface area (Å²) < 4.78 is 5.86. The quantitative estimate of drug-likeness (QED) is 0.759. The summed E-state index contributed by atoms with van der Waals surface area (Å²) in [6, 6.07) is 2.47. The van der Waals surface area contributed by atoms with Gasteiger partial charge in [0.2, 0.25) is 0 Å². The third kappa shape index (κ3) is 1.34. The number of ether oxygens (including phenoxy) is 1. The van der Waals surface area contributed by atoms with Gasteiger partial charge in [0, 0.05) is 0 Å². The van der Waals surface area contributed by atoms with E-state index in [0.717, 1.165) is 38.5 Å². The fourth-order valence-corrected chi connectivity index (χ4v) is 4.37. The summed E-state index contributed by atoms with van der Waals surface area (Å²) in [6.45, 7) is 2.10. The lowest BCUT2D eigenvalue weighted by atomic mass is 9.56. The number of hydrogen-bond donors (Lipinski definition) is 1. The Hall–Kier alpha value is -0.590. The van der Waals surface area contributed by atoms with Gasteiger partial charge in [0.25, 0.3) is 0 Å². The van der Waals surface area contributed by atoms with E-state index >= 15 is 0 Å². The first-order valence-corrected chi connectivity index (χ1v) is 6.91. The molecule has 5 atom stereocenters. The largest absolute Gasteiger partial charge is 0.388 e. The summed E-state index contributed by atoms with van der Waals surface area (Å²) >= 11 is 0. The number of aliphatic hydroxyl groups is 1. The molecule has 1 N–H and O–H groups in total. The van der Waals surface area contributed by atoms with E-state index in [-0.39, 0.29) is 18.1 Å². The van der Waals surface area contributed by atoms with Gasteiger partial charge in [-0.2, -0.15) is 5.26 Å². The molecule has 3 aliphatic rings. The summed E-state index contributed by atoms with van der Waals surface area (Å²) in [4.78, 5) is 0. The molecule has 0 aromatic heterocycles. The Labute approximate surface area is 103 Å². The molecular weight excluding hydrogens is 214 g/mol. The van der Waals surface area contributed by atoms with Crippen LogP contribution in [-0.4, -0.2) is 22.9 Å². The molecule has 1 aliphatic carbocycles. The van der Waals surface area contributed by atoms with Crippen LogP contribution in [0.5, 0.6) is 0 Å². The molecule has 3 nitrogen and oxygen atoms in total. The van der Waals surface area contributed by atoms with Crippen molar-refractivity contribution in [1.29, 1.82) is 5.26 Å². The average molecular weight is 235 g/mol. The summed E-state index contributed by atoms with van der Waals surface area (Å²) in [5.74, 6) is 0.221. The predicted molar refractivity (Wildman–Crippen MR) is 63.1 cm³/mol. The minimum absolute atomic E-state index is 0.0250. The number of fused-ring (bicyclic) bond motifs is 2. The number of nitriles is 1. The van der Waals surface area contributed by atoms with Gasteiger partial charge in [-0.3, -0.25) is 0 Å². The molecular formula is C14H21NO2. The Morgan fingerprint density at radius 1 is 1.29 bits per heavy atom. The normalized spacial score (nSPS) is 53.6. The molecule has 0 aromatic carbocycles. The summed E-state index contributed by atoms with van der Waals surface area (Å²) in [6.07, 6.45) is 6.99. The van der Waals surface area contributed by atoms with Crippen LogP contribution in [0.1, 0.15) is 51.9 Å². The van der Waals surface area contributed by atoms with Crippen molar-refractivity contribution in [2.75, 3.05) is 0 Å². The third-order valence-corrected chi connectivity index (χ3v) is 5.44. The molecule has 0 radical (unpaired) electrons. The molecule has 2 heterocycles. The average Bonchev–Trinajstić information content (AvgIpc) is 2.93. The highest BCUT2D eigenvalue weighted by Gasteiger charge is 2.65. The van der Waals surface area contributed by atoms with Crippen LogP contribution in [0, 0.1) is 22.7 Å². The first kappa shape index (κ1) is 11.5. The molecule has 2 saturated heterocycles. The van der Waals surface area contributed by atoms with Gasteiger partial charge in [0.1, 0.15) is 5.41 Å². The van der Waals surface area contributed by atoms with Crippen LogP contribution in [0.3, 0.4) is 0 Å². The fourth-order valence-electron chi connectivity index (χ4n) is 4.37. The van der Waals surface area contributed by atoms with Gasteiger partial charge in [0.05, 0.1) is 23.9 Å². The zero-order valence-electron chi connectivity index (χ0n) is 10.5. The Balaban J connectivity index is 1.98. The van der Waals surface area contributed by atoms with E-state index < -0.39 is 11.0 Å². The minimum Gasteiger partial charge on any atom is -0.388 e. The summed E-state index contributed by atoms with van der Waals surface area (Å²) in [7, 11) is 0.